The summed E-state index contributed by atoms with van der Waals surface area (Å²) in [6.45, 7) is -0.246. The number of carbonyl (C=O) groups excluding carboxylic acids is 1. The molecule has 20 heavy (non-hydrogen) atoms. The number of halogens is 3. The van der Waals surface area contributed by atoms with Gasteiger partial charge in [0.25, 0.3) is 5.91 Å². The van der Waals surface area contributed by atoms with Crippen LogP contribution in [0, 0.1) is 5.82 Å². The first-order valence-electron chi connectivity index (χ1n) is 6.19. The summed E-state index contributed by atoms with van der Waals surface area (Å²) in [4.78, 5) is 11.9. The standard InChI is InChI=1S/C13H13Cl2FN2O2/c14-9-2-1-8(3-10(9)16)20-4-11(19)18(15)13-5-12(17,6-13)7-13/h1-3H,4-7,17H2. The first-order chi connectivity index (χ1) is 9.34. The molecular formula is C13H13Cl2FN2O2. The van der Waals surface area contributed by atoms with Gasteiger partial charge < -0.3 is 10.5 Å². The molecule has 2 bridgehead atoms. The molecular weight excluding hydrogens is 306 g/mol. The Bertz CT molecular complexity index is 562. The highest BCUT2D eigenvalue weighted by Gasteiger charge is 2.69. The number of nitrogens with zero attached hydrogens (tertiary/aromatic N) is 1. The lowest BCUT2D eigenvalue weighted by Crippen LogP contribution is -2.81. The zero-order valence-corrected chi connectivity index (χ0v) is 12.0. The van der Waals surface area contributed by atoms with E-state index in [9.17, 15) is 9.18 Å². The van der Waals surface area contributed by atoms with Gasteiger partial charge in [-0.25, -0.2) is 8.81 Å². The number of hydrogen-bond donors (Lipinski definition) is 1. The molecule has 0 heterocycles. The molecule has 108 valence electrons. The van der Waals surface area contributed by atoms with Crippen molar-refractivity contribution in [3.8, 4) is 5.75 Å². The number of carbonyl (C=O) groups is 1. The second kappa shape index (κ2) is 4.48. The van der Waals surface area contributed by atoms with Crippen LogP contribution in [-0.2, 0) is 4.79 Å². The van der Waals surface area contributed by atoms with Crippen molar-refractivity contribution in [1.82, 2.24) is 4.42 Å². The molecule has 4 nitrogen and oxygen atoms in total. The van der Waals surface area contributed by atoms with Crippen LogP contribution in [-0.4, -0.2) is 28.0 Å². The maximum absolute atomic E-state index is 13.2. The van der Waals surface area contributed by atoms with Crippen molar-refractivity contribution in [2.45, 2.75) is 30.3 Å². The maximum Gasteiger partial charge on any atom is 0.275 e. The van der Waals surface area contributed by atoms with E-state index in [0.717, 1.165) is 25.3 Å². The van der Waals surface area contributed by atoms with Crippen LogP contribution < -0.4 is 10.5 Å². The zero-order valence-electron chi connectivity index (χ0n) is 10.5. The highest BCUT2D eigenvalue weighted by Crippen LogP contribution is 2.62. The summed E-state index contributed by atoms with van der Waals surface area (Å²) < 4.78 is 19.6. The minimum absolute atomic E-state index is 0.00440. The Kier molecular flexibility index (Phi) is 3.12. The topological polar surface area (TPSA) is 55.6 Å². The summed E-state index contributed by atoms with van der Waals surface area (Å²) in [6, 6.07) is 3.99. The van der Waals surface area contributed by atoms with E-state index in [0.29, 0.717) is 0 Å². The van der Waals surface area contributed by atoms with Crippen molar-refractivity contribution in [2.75, 3.05) is 6.61 Å². The molecule has 0 radical (unpaired) electrons. The predicted molar refractivity (Wildman–Crippen MR) is 73.1 cm³/mol. The zero-order chi connectivity index (χ0) is 14.5. The third-order valence-electron chi connectivity index (χ3n) is 3.93. The van der Waals surface area contributed by atoms with Crippen LogP contribution in [0.15, 0.2) is 18.2 Å². The van der Waals surface area contributed by atoms with Gasteiger partial charge in [0.15, 0.2) is 6.61 Å². The molecule has 0 spiro atoms. The van der Waals surface area contributed by atoms with Gasteiger partial charge in [0.1, 0.15) is 11.6 Å². The summed E-state index contributed by atoms with van der Waals surface area (Å²) in [7, 11) is 0. The van der Waals surface area contributed by atoms with Crippen molar-refractivity contribution in [1.29, 1.82) is 0 Å². The fourth-order valence-electron chi connectivity index (χ4n) is 3.05. The fraction of sp³-hybridized carbons (Fsp3) is 0.462. The molecule has 3 saturated carbocycles. The molecule has 7 heteroatoms. The van der Waals surface area contributed by atoms with Gasteiger partial charge in [-0.15, -0.1) is 0 Å². The quantitative estimate of drug-likeness (QED) is 0.868. The Labute approximate surface area is 125 Å². The first kappa shape index (κ1) is 13.9. The number of hydrogen-bond acceptors (Lipinski definition) is 3. The Morgan fingerprint density at radius 2 is 2.10 bits per heavy atom. The number of benzene rings is 1. The lowest BCUT2D eigenvalue weighted by Gasteiger charge is -2.70. The van der Waals surface area contributed by atoms with Crippen LogP contribution in [0.5, 0.6) is 5.75 Å². The maximum atomic E-state index is 13.2. The molecule has 0 aliphatic heterocycles. The number of nitrogens with two attached hydrogens (primary N) is 1. The Morgan fingerprint density at radius 3 is 2.65 bits per heavy atom. The molecule has 1 aromatic carbocycles. The Hall–Kier alpha value is -1.04. The molecule has 3 fully saturated rings. The van der Waals surface area contributed by atoms with Crippen molar-refractivity contribution in [3.63, 3.8) is 0 Å². The second-order valence-electron chi connectivity index (χ2n) is 5.66. The smallest absolute Gasteiger partial charge is 0.275 e. The van der Waals surface area contributed by atoms with Crippen LogP contribution in [0.4, 0.5) is 4.39 Å². The molecule has 3 aliphatic carbocycles. The van der Waals surface area contributed by atoms with Gasteiger partial charge in [0, 0.05) is 23.4 Å². The number of ether oxygens (including phenoxy) is 1. The summed E-state index contributed by atoms with van der Waals surface area (Å²) in [5.74, 6) is -0.717. The van der Waals surface area contributed by atoms with E-state index < -0.39 is 5.82 Å². The Balaban J connectivity index is 1.55. The van der Waals surface area contributed by atoms with Gasteiger partial charge in [-0.3, -0.25) is 4.79 Å². The summed E-state index contributed by atoms with van der Waals surface area (Å²) in [5.41, 5.74) is 5.49. The van der Waals surface area contributed by atoms with E-state index in [1.54, 1.807) is 0 Å². The highest BCUT2D eigenvalue weighted by atomic mass is 35.5. The Morgan fingerprint density at radius 1 is 1.45 bits per heavy atom. The minimum atomic E-state index is -0.594. The average Bonchev–Trinajstić information content (AvgIpc) is 2.34. The average molecular weight is 319 g/mol. The molecule has 1 aromatic rings. The largest absolute Gasteiger partial charge is 0.484 e. The van der Waals surface area contributed by atoms with Crippen LogP contribution in [0.25, 0.3) is 0 Å². The SMILES string of the molecule is NC12CC(N(Cl)C(=O)COc3ccc(Cl)c(F)c3)(C1)C2. The third-order valence-corrected chi connectivity index (χ3v) is 4.79. The van der Waals surface area contributed by atoms with E-state index in [4.69, 9.17) is 33.8 Å². The first-order valence-corrected chi connectivity index (χ1v) is 6.91. The van der Waals surface area contributed by atoms with E-state index in [1.807, 2.05) is 0 Å². The molecule has 0 aromatic heterocycles. The van der Waals surface area contributed by atoms with Crippen molar-refractivity contribution in [2.24, 2.45) is 5.73 Å². The van der Waals surface area contributed by atoms with Crippen LogP contribution in [0.2, 0.25) is 5.02 Å². The molecule has 3 aliphatic rings. The van der Waals surface area contributed by atoms with E-state index in [1.165, 1.54) is 16.6 Å². The lowest BCUT2D eigenvalue weighted by molar-refractivity contribution is -0.161. The second-order valence-corrected chi connectivity index (χ2v) is 6.40. The van der Waals surface area contributed by atoms with E-state index in [2.05, 4.69) is 0 Å². The summed E-state index contributed by atoms with van der Waals surface area (Å²) in [6.07, 6.45) is 2.18. The highest BCUT2D eigenvalue weighted by molar-refractivity contribution is 6.30. The lowest BCUT2D eigenvalue weighted by atomic mass is 9.44. The predicted octanol–water partition coefficient (Wildman–Crippen LogP) is 2.47. The van der Waals surface area contributed by atoms with Gasteiger partial charge in [-0.2, -0.15) is 0 Å². The molecule has 0 unspecified atom stereocenters. The van der Waals surface area contributed by atoms with Crippen molar-refractivity contribution >= 4 is 29.3 Å². The van der Waals surface area contributed by atoms with Gasteiger partial charge in [0.05, 0.1) is 10.6 Å². The number of amides is 1. The van der Waals surface area contributed by atoms with Gasteiger partial charge in [-0.1, -0.05) is 11.6 Å². The summed E-state index contributed by atoms with van der Waals surface area (Å²) >= 11 is 11.6. The van der Waals surface area contributed by atoms with Gasteiger partial charge in [-0.05, 0) is 31.4 Å². The van der Waals surface area contributed by atoms with E-state index >= 15 is 0 Å². The van der Waals surface area contributed by atoms with Crippen LogP contribution in [0.1, 0.15) is 19.3 Å². The summed E-state index contributed by atoms with van der Waals surface area (Å²) in [5, 5.41) is 0.00440. The molecule has 1 amide bonds. The van der Waals surface area contributed by atoms with Crippen LogP contribution in [0.3, 0.4) is 0 Å². The molecule has 4 rings (SSSR count). The van der Waals surface area contributed by atoms with E-state index in [-0.39, 0.29) is 34.4 Å². The monoisotopic (exact) mass is 318 g/mol. The molecule has 0 atom stereocenters. The van der Waals surface area contributed by atoms with Gasteiger partial charge in [0.2, 0.25) is 0 Å². The van der Waals surface area contributed by atoms with Crippen molar-refractivity contribution in [3.05, 3.63) is 29.0 Å². The third kappa shape index (κ3) is 2.14. The van der Waals surface area contributed by atoms with Crippen molar-refractivity contribution < 1.29 is 13.9 Å². The van der Waals surface area contributed by atoms with Crippen LogP contribution >= 0.6 is 23.4 Å². The van der Waals surface area contributed by atoms with Gasteiger partial charge >= 0.3 is 0 Å². The number of rotatable bonds is 4. The molecule has 0 saturated heterocycles. The normalized spacial score (nSPS) is 30.2. The minimum Gasteiger partial charge on any atom is -0.484 e. The molecule has 2 N–H and O–H groups in total. The fourth-order valence-corrected chi connectivity index (χ4v) is 3.40.